The zero-order chi connectivity index (χ0) is 15.6. The van der Waals surface area contributed by atoms with Crippen molar-refractivity contribution in [3.05, 3.63) is 42.0 Å². The van der Waals surface area contributed by atoms with Crippen molar-refractivity contribution in [1.82, 2.24) is 20.3 Å². The van der Waals surface area contributed by atoms with Crippen LogP contribution in [-0.2, 0) is 11.2 Å². The molecule has 1 saturated carbocycles. The second-order valence-corrected chi connectivity index (χ2v) is 6.42. The fourth-order valence-corrected chi connectivity index (χ4v) is 3.29. The van der Waals surface area contributed by atoms with Gasteiger partial charge in [0.15, 0.2) is 5.82 Å². The van der Waals surface area contributed by atoms with Gasteiger partial charge in [-0.3, -0.25) is 9.78 Å². The number of rotatable bonds is 3. The topological polar surface area (TPSA) is 67.8 Å². The summed E-state index contributed by atoms with van der Waals surface area (Å²) in [5.74, 6) is 1.13. The zero-order valence-corrected chi connectivity index (χ0v) is 13.0. The van der Waals surface area contributed by atoms with Crippen LogP contribution < -0.4 is 5.32 Å². The summed E-state index contributed by atoms with van der Waals surface area (Å²) in [6.45, 7) is 0. The Labute approximate surface area is 135 Å². The minimum Gasteiger partial charge on any atom is -0.349 e. The highest BCUT2D eigenvalue weighted by atomic mass is 16.2. The van der Waals surface area contributed by atoms with E-state index in [2.05, 4.69) is 15.3 Å². The van der Waals surface area contributed by atoms with Crippen LogP contribution >= 0.6 is 0 Å². The molecule has 0 bridgehead atoms. The molecule has 2 aliphatic carbocycles. The number of nitrogens with zero attached hydrogens (tertiary/aromatic N) is 3. The molecule has 1 amide bonds. The number of hydrogen-bond donors (Lipinski definition) is 1. The fourth-order valence-electron chi connectivity index (χ4n) is 3.29. The van der Waals surface area contributed by atoms with Crippen molar-refractivity contribution >= 4 is 5.91 Å². The van der Waals surface area contributed by atoms with E-state index < -0.39 is 0 Å². The number of carbonyl (C=O) groups is 1. The number of fused-ring (bicyclic) bond motifs is 1. The molecule has 0 aromatic carbocycles. The molecule has 1 atom stereocenters. The molecule has 0 radical (unpaired) electrons. The summed E-state index contributed by atoms with van der Waals surface area (Å²) in [5, 5.41) is 3.20. The lowest BCUT2D eigenvalue weighted by molar-refractivity contribution is -0.128. The van der Waals surface area contributed by atoms with Crippen LogP contribution in [0.1, 0.15) is 49.4 Å². The van der Waals surface area contributed by atoms with Gasteiger partial charge in [-0.05, 0) is 44.2 Å². The van der Waals surface area contributed by atoms with Crippen LogP contribution in [0.4, 0.5) is 0 Å². The van der Waals surface area contributed by atoms with Gasteiger partial charge in [-0.1, -0.05) is 6.42 Å². The second-order valence-electron chi connectivity index (χ2n) is 6.42. The van der Waals surface area contributed by atoms with Crippen molar-refractivity contribution in [1.29, 1.82) is 0 Å². The molecule has 5 heteroatoms. The van der Waals surface area contributed by atoms with Crippen LogP contribution in [0.3, 0.4) is 0 Å². The summed E-state index contributed by atoms with van der Waals surface area (Å²) in [7, 11) is 0. The van der Waals surface area contributed by atoms with E-state index >= 15 is 0 Å². The van der Waals surface area contributed by atoms with E-state index in [1.54, 1.807) is 12.4 Å². The van der Waals surface area contributed by atoms with Gasteiger partial charge < -0.3 is 5.32 Å². The van der Waals surface area contributed by atoms with E-state index in [1.165, 1.54) is 6.42 Å². The third-order valence-corrected chi connectivity index (χ3v) is 4.89. The number of nitrogens with one attached hydrogen (secondary N) is 1. The van der Waals surface area contributed by atoms with Gasteiger partial charge in [0.25, 0.3) is 0 Å². The van der Waals surface area contributed by atoms with Crippen molar-refractivity contribution in [2.75, 3.05) is 0 Å². The molecular weight excluding hydrogens is 288 g/mol. The Bertz CT molecular complexity index is 712. The van der Waals surface area contributed by atoms with Crippen LogP contribution in [0.5, 0.6) is 0 Å². The molecule has 2 heterocycles. The van der Waals surface area contributed by atoms with Crippen LogP contribution in [0.15, 0.2) is 30.7 Å². The highest BCUT2D eigenvalue weighted by Crippen LogP contribution is 2.32. The van der Waals surface area contributed by atoms with Gasteiger partial charge in [0.2, 0.25) is 5.91 Å². The van der Waals surface area contributed by atoms with E-state index in [9.17, 15) is 4.79 Å². The summed E-state index contributed by atoms with van der Waals surface area (Å²) < 4.78 is 0. The van der Waals surface area contributed by atoms with Crippen LogP contribution in [0, 0.1) is 5.92 Å². The van der Waals surface area contributed by atoms with E-state index in [1.807, 2.05) is 18.3 Å². The molecule has 0 spiro atoms. The molecule has 0 saturated heterocycles. The van der Waals surface area contributed by atoms with Crippen LogP contribution in [0.25, 0.3) is 11.4 Å². The highest BCUT2D eigenvalue weighted by Gasteiger charge is 2.29. The fraction of sp³-hybridized carbons (Fsp3) is 0.444. The Morgan fingerprint density at radius 3 is 2.83 bits per heavy atom. The van der Waals surface area contributed by atoms with Gasteiger partial charge in [0, 0.05) is 41.3 Å². The van der Waals surface area contributed by atoms with E-state index in [4.69, 9.17) is 4.98 Å². The SMILES string of the molecule is O=C(N[C@@H]1CCCc2nc(-c3cccnc3)ncc21)C1CCC1. The first kappa shape index (κ1) is 14.3. The van der Waals surface area contributed by atoms with Gasteiger partial charge in [-0.15, -0.1) is 0 Å². The second kappa shape index (κ2) is 6.07. The van der Waals surface area contributed by atoms with Gasteiger partial charge in [-0.25, -0.2) is 9.97 Å². The Morgan fingerprint density at radius 1 is 1.17 bits per heavy atom. The van der Waals surface area contributed by atoms with Crippen molar-refractivity contribution < 1.29 is 4.79 Å². The van der Waals surface area contributed by atoms with Gasteiger partial charge in [0.1, 0.15) is 0 Å². The lowest BCUT2D eigenvalue weighted by atomic mass is 9.84. The molecule has 1 fully saturated rings. The lowest BCUT2D eigenvalue weighted by Crippen LogP contribution is -2.38. The maximum atomic E-state index is 12.2. The molecule has 23 heavy (non-hydrogen) atoms. The Morgan fingerprint density at radius 2 is 2.09 bits per heavy atom. The number of aromatic nitrogens is 3. The predicted molar refractivity (Wildman–Crippen MR) is 86.4 cm³/mol. The van der Waals surface area contributed by atoms with E-state index in [-0.39, 0.29) is 17.9 Å². The minimum atomic E-state index is 0.0646. The third-order valence-electron chi connectivity index (χ3n) is 4.89. The number of pyridine rings is 1. The predicted octanol–water partition coefficient (Wildman–Crippen LogP) is 2.83. The molecule has 2 aliphatic rings. The molecule has 2 aromatic heterocycles. The van der Waals surface area contributed by atoms with Gasteiger partial charge in [0.05, 0.1) is 6.04 Å². The van der Waals surface area contributed by atoms with Crippen molar-refractivity contribution in [2.24, 2.45) is 5.92 Å². The average molecular weight is 308 g/mol. The Kier molecular flexibility index (Phi) is 3.77. The summed E-state index contributed by atoms with van der Waals surface area (Å²) >= 11 is 0. The number of hydrogen-bond acceptors (Lipinski definition) is 4. The first-order valence-electron chi connectivity index (χ1n) is 8.38. The highest BCUT2D eigenvalue weighted by molar-refractivity contribution is 5.79. The summed E-state index contributed by atoms with van der Waals surface area (Å²) in [6, 6.07) is 3.92. The normalized spacial score (nSPS) is 20.4. The zero-order valence-electron chi connectivity index (χ0n) is 13.0. The monoisotopic (exact) mass is 308 g/mol. The van der Waals surface area contributed by atoms with E-state index in [0.717, 1.165) is 48.9 Å². The molecule has 2 aromatic rings. The Balaban J connectivity index is 1.57. The number of carbonyl (C=O) groups excluding carboxylic acids is 1. The Hall–Kier alpha value is -2.30. The average Bonchev–Trinajstić information content (AvgIpc) is 2.54. The number of amides is 1. The molecule has 4 rings (SSSR count). The first-order chi connectivity index (χ1) is 11.3. The smallest absolute Gasteiger partial charge is 0.223 e. The maximum Gasteiger partial charge on any atom is 0.223 e. The first-order valence-corrected chi connectivity index (χ1v) is 8.38. The molecular formula is C18H20N4O. The van der Waals surface area contributed by atoms with Crippen LogP contribution in [0.2, 0.25) is 0 Å². The van der Waals surface area contributed by atoms with Crippen molar-refractivity contribution in [2.45, 2.75) is 44.6 Å². The number of aryl methyl sites for hydroxylation is 1. The van der Waals surface area contributed by atoms with Gasteiger partial charge in [-0.2, -0.15) is 0 Å². The molecule has 1 N–H and O–H groups in total. The summed E-state index contributed by atoms with van der Waals surface area (Å²) in [6.07, 6.45) is 11.6. The van der Waals surface area contributed by atoms with Gasteiger partial charge >= 0.3 is 0 Å². The quantitative estimate of drug-likeness (QED) is 0.946. The summed E-state index contributed by atoms with van der Waals surface area (Å²) in [4.78, 5) is 25.6. The third kappa shape index (κ3) is 2.83. The molecule has 118 valence electrons. The molecule has 0 unspecified atom stereocenters. The van der Waals surface area contributed by atoms with Crippen LogP contribution in [-0.4, -0.2) is 20.9 Å². The maximum absolute atomic E-state index is 12.2. The molecule has 0 aliphatic heterocycles. The van der Waals surface area contributed by atoms with Crippen molar-refractivity contribution in [3.8, 4) is 11.4 Å². The van der Waals surface area contributed by atoms with Crippen molar-refractivity contribution in [3.63, 3.8) is 0 Å². The molecule has 5 nitrogen and oxygen atoms in total. The summed E-state index contributed by atoms with van der Waals surface area (Å²) in [5.41, 5.74) is 3.07. The lowest BCUT2D eigenvalue weighted by Gasteiger charge is -2.30. The van der Waals surface area contributed by atoms with E-state index in [0.29, 0.717) is 5.82 Å². The largest absolute Gasteiger partial charge is 0.349 e. The minimum absolute atomic E-state index is 0.0646. The standard InChI is InChI=1S/C18H20N4O/c23-18(12-4-1-5-12)22-16-8-2-7-15-14(16)11-20-17(21-15)13-6-3-9-19-10-13/h3,6,9-12,16H,1-2,4-5,7-8H2,(H,22,23)/t16-/m1/s1.